The second-order valence-corrected chi connectivity index (χ2v) is 8.00. The fourth-order valence-corrected chi connectivity index (χ4v) is 3.94. The average molecular weight is 429 g/mol. The Balaban J connectivity index is 1.46. The Morgan fingerprint density at radius 1 is 0.938 bits per heavy atom. The predicted molar refractivity (Wildman–Crippen MR) is 127 cm³/mol. The summed E-state index contributed by atoms with van der Waals surface area (Å²) in [5, 5.41) is 5.94. The lowest BCUT2D eigenvalue weighted by Gasteiger charge is -2.22. The van der Waals surface area contributed by atoms with Crippen LogP contribution in [0, 0.1) is 0 Å². The second kappa shape index (κ2) is 10.6. The average Bonchev–Trinajstić information content (AvgIpc) is 3.37. The molecule has 1 aliphatic heterocycles. The van der Waals surface area contributed by atoms with Crippen molar-refractivity contribution in [2.24, 2.45) is 0 Å². The smallest absolute Gasteiger partial charge is 0.253 e. The zero-order valence-electron chi connectivity index (χ0n) is 18.1. The monoisotopic (exact) mass is 428 g/mol. The van der Waals surface area contributed by atoms with Crippen LogP contribution in [0.4, 0.5) is 11.4 Å². The number of hydrogen-bond acceptors (Lipinski definition) is 4. The van der Waals surface area contributed by atoms with Crippen LogP contribution in [0.25, 0.3) is 0 Å². The van der Waals surface area contributed by atoms with Gasteiger partial charge in [0, 0.05) is 49.8 Å². The van der Waals surface area contributed by atoms with E-state index >= 15 is 0 Å². The van der Waals surface area contributed by atoms with Crippen LogP contribution in [0.3, 0.4) is 0 Å². The highest BCUT2D eigenvalue weighted by molar-refractivity contribution is 6.02. The first-order valence-corrected chi connectivity index (χ1v) is 11.1. The lowest BCUT2D eigenvalue weighted by molar-refractivity contribution is -0.116. The van der Waals surface area contributed by atoms with Crippen molar-refractivity contribution in [2.45, 2.75) is 32.2 Å². The maximum atomic E-state index is 13.1. The molecule has 0 bridgehead atoms. The van der Waals surface area contributed by atoms with Crippen molar-refractivity contribution in [3.8, 4) is 0 Å². The van der Waals surface area contributed by atoms with Gasteiger partial charge in [-0.25, -0.2) is 0 Å². The molecule has 1 saturated heterocycles. The van der Waals surface area contributed by atoms with E-state index in [1.54, 1.807) is 18.5 Å². The summed E-state index contributed by atoms with van der Waals surface area (Å²) in [4.78, 5) is 31.9. The van der Waals surface area contributed by atoms with Crippen LogP contribution < -0.4 is 15.5 Å². The van der Waals surface area contributed by atoms with Crippen LogP contribution in [-0.2, 0) is 17.8 Å². The standard InChI is InChI=1S/C26H28N4O2/c31-25(13-10-20-7-2-1-3-8-20)29-22-11-12-24(30-15-4-5-16-30)23(17-22)26(32)28-19-21-9-6-14-27-18-21/h1-3,6-9,11-12,14,17-18H,4-5,10,13,15-16,19H2,(H,28,32)(H,29,31). The lowest BCUT2D eigenvalue weighted by Crippen LogP contribution is -2.27. The molecule has 32 heavy (non-hydrogen) atoms. The van der Waals surface area contributed by atoms with Gasteiger partial charge in [-0.2, -0.15) is 0 Å². The van der Waals surface area contributed by atoms with E-state index in [0.717, 1.165) is 42.7 Å². The summed E-state index contributed by atoms with van der Waals surface area (Å²) in [5.74, 6) is -0.222. The first kappa shape index (κ1) is 21.6. The Hall–Kier alpha value is -3.67. The van der Waals surface area contributed by atoms with Gasteiger partial charge < -0.3 is 15.5 Å². The van der Waals surface area contributed by atoms with Crippen molar-refractivity contribution in [3.05, 3.63) is 89.7 Å². The third-order valence-corrected chi connectivity index (χ3v) is 5.63. The number of amides is 2. The van der Waals surface area contributed by atoms with E-state index in [2.05, 4.69) is 20.5 Å². The summed E-state index contributed by atoms with van der Waals surface area (Å²) in [5.41, 5.74) is 4.19. The molecule has 6 heteroatoms. The fraction of sp³-hybridized carbons (Fsp3) is 0.269. The predicted octanol–water partition coefficient (Wildman–Crippen LogP) is 4.18. The van der Waals surface area contributed by atoms with Gasteiger partial charge in [0.15, 0.2) is 0 Å². The topological polar surface area (TPSA) is 74.3 Å². The van der Waals surface area contributed by atoms with Gasteiger partial charge in [0.25, 0.3) is 5.91 Å². The highest BCUT2D eigenvalue weighted by Gasteiger charge is 2.20. The van der Waals surface area contributed by atoms with E-state index in [-0.39, 0.29) is 11.8 Å². The molecule has 6 nitrogen and oxygen atoms in total. The summed E-state index contributed by atoms with van der Waals surface area (Å²) in [7, 11) is 0. The quantitative estimate of drug-likeness (QED) is 0.564. The van der Waals surface area contributed by atoms with Gasteiger partial charge in [-0.15, -0.1) is 0 Å². The number of nitrogens with zero attached hydrogens (tertiary/aromatic N) is 2. The first-order chi connectivity index (χ1) is 15.7. The summed E-state index contributed by atoms with van der Waals surface area (Å²) >= 11 is 0. The van der Waals surface area contributed by atoms with Crippen LogP contribution in [-0.4, -0.2) is 29.9 Å². The van der Waals surface area contributed by atoms with Crippen molar-refractivity contribution in [3.63, 3.8) is 0 Å². The minimum absolute atomic E-state index is 0.0653. The molecule has 1 fully saturated rings. The molecule has 2 aromatic carbocycles. The SMILES string of the molecule is O=C(CCc1ccccc1)Nc1ccc(N2CCCC2)c(C(=O)NCc2cccnc2)c1. The Morgan fingerprint density at radius 3 is 2.47 bits per heavy atom. The van der Waals surface area contributed by atoms with Gasteiger partial charge >= 0.3 is 0 Å². The molecule has 0 radical (unpaired) electrons. The molecule has 2 heterocycles. The first-order valence-electron chi connectivity index (χ1n) is 11.1. The third kappa shape index (κ3) is 5.72. The maximum absolute atomic E-state index is 13.1. The lowest BCUT2D eigenvalue weighted by atomic mass is 10.1. The van der Waals surface area contributed by atoms with Crippen LogP contribution in [0.15, 0.2) is 73.1 Å². The molecular weight excluding hydrogens is 400 g/mol. The van der Waals surface area contributed by atoms with Gasteiger partial charge in [-0.1, -0.05) is 36.4 Å². The maximum Gasteiger partial charge on any atom is 0.253 e. The van der Waals surface area contributed by atoms with Crippen LogP contribution in [0.2, 0.25) is 0 Å². The van der Waals surface area contributed by atoms with Crippen molar-refractivity contribution in [1.82, 2.24) is 10.3 Å². The van der Waals surface area contributed by atoms with Crippen molar-refractivity contribution in [2.75, 3.05) is 23.3 Å². The molecule has 1 aliphatic rings. The molecule has 3 aromatic rings. The van der Waals surface area contributed by atoms with Crippen molar-refractivity contribution in [1.29, 1.82) is 0 Å². The fourth-order valence-electron chi connectivity index (χ4n) is 3.94. The summed E-state index contributed by atoms with van der Waals surface area (Å²) in [6, 6.07) is 19.3. The minimum atomic E-state index is -0.156. The van der Waals surface area contributed by atoms with E-state index in [4.69, 9.17) is 0 Å². The number of anilines is 2. The van der Waals surface area contributed by atoms with Gasteiger partial charge in [0.05, 0.1) is 5.56 Å². The molecule has 4 rings (SSSR count). The number of benzene rings is 2. The molecule has 0 spiro atoms. The van der Waals surface area contributed by atoms with E-state index in [1.165, 1.54) is 0 Å². The van der Waals surface area contributed by atoms with Crippen LogP contribution in [0.1, 0.15) is 40.7 Å². The van der Waals surface area contributed by atoms with E-state index in [9.17, 15) is 9.59 Å². The molecule has 0 unspecified atom stereocenters. The minimum Gasteiger partial charge on any atom is -0.371 e. The molecule has 2 N–H and O–H groups in total. The molecule has 1 aromatic heterocycles. The number of aryl methyl sites for hydroxylation is 1. The van der Waals surface area contributed by atoms with Gasteiger partial charge in [-0.3, -0.25) is 14.6 Å². The molecular formula is C26H28N4O2. The van der Waals surface area contributed by atoms with Gasteiger partial charge in [-0.05, 0) is 54.7 Å². The normalized spacial score (nSPS) is 13.1. The molecule has 0 atom stereocenters. The van der Waals surface area contributed by atoms with E-state index in [0.29, 0.717) is 30.6 Å². The molecule has 2 amide bonds. The Kier molecular flexibility index (Phi) is 7.12. The highest BCUT2D eigenvalue weighted by Crippen LogP contribution is 2.28. The zero-order chi connectivity index (χ0) is 22.2. The molecule has 0 aliphatic carbocycles. The number of carbonyl (C=O) groups is 2. The largest absolute Gasteiger partial charge is 0.371 e. The Bertz CT molecular complexity index is 1050. The molecule has 0 saturated carbocycles. The third-order valence-electron chi connectivity index (χ3n) is 5.63. The van der Waals surface area contributed by atoms with Gasteiger partial charge in [0.2, 0.25) is 5.91 Å². The number of rotatable bonds is 8. The van der Waals surface area contributed by atoms with Crippen molar-refractivity contribution >= 4 is 23.2 Å². The number of hydrogen-bond donors (Lipinski definition) is 2. The second-order valence-electron chi connectivity index (χ2n) is 8.00. The van der Waals surface area contributed by atoms with Crippen LogP contribution in [0.5, 0.6) is 0 Å². The zero-order valence-corrected chi connectivity index (χ0v) is 18.1. The number of pyridine rings is 1. The number of aromatic nitrogens is 1. The van der Waals surface area contributed by atoms with E-state index < -0.39 is 0 Å². The Morgan fingerprint density at radius 2 is 1.72 bits per heavy atom. The van der Waals surface area contributed by atoms with Crippen molar-refractivity contribution < 1.29 is 9.59 Å². The number of nitrogens with one attached hydrogen (secondary N) is 2. The van der Waals surface area contributed by atoms with E-state index in [1.807, 2.05) is 54.6 Å². The molecule has 164 valence electrons. The van der Waals surface area contributed by atoms with Crippen LogP contribution >= 0.6 is 0 Å². The summed E-state index contributed by atoms with van der Waals surface area (Å²) in [6.07, 6.45) is 6.76. The number of carbonyl (C=O) groups excluding carboxylic acids is 2. The summed E-state index contributed by atoms with van der Waals surface area (Å²) < 4.78 is 0. The Labute approximate surface area is 188 Å². The highest BCUT2D eigenvalue weighted by atomic mass is 16.2. The van der Waals surface area contributed by atoms with Gasteiger partial charge in [0.1, 0.15) is 0 Å². The summed E-state index contributed by atoms with van der Waals surface area (Å²) in [6.45, 7) is 2.27.